The first-order chi connectivity index (χ1) is 6.74. The molecule has 1 aliphatic heterocycles. The van der Waals surface area contributed by atoms with Crippen molar-refractivity contribution in [1.29, 1.82) is 0 Å². The lowest BCUT2D eigenvalue weighted by Crippen LogP contribution is -2.41. The summed E-state index contributed by atoms with van der Waals surface area (Å²) in [7, 11) is 0. The van der Waals surface area contributed by atoms with E-state index in [0.717, 1.165) is 13.1 Å². The van der Waals surface area contributed by atoms with Crippen LogP contribution < -0.4 is 5.73 Å². The lowest BCUT2D eigenvalue weighted by atomic mass is 10.4. The highest BCUT2D eigenvalue weighted by Crippen LogP contribution is 2.10. The van der Waals surface area contributed by atoms with Crippen LogP contribution >= 0.6 is 11.8 Å². The van der Waals surface area contributed by atoms with Gasteiger partial charge >= 0.3 is 0 Å². The van der Waals surface area contributed by atoms with E-state index in [9.17, 15) is 4.79 Å². The second-order valence-corrected chi connectivity index (χ2v) is 4.78. The van der Waals surface area contributed by atoms with Crippen LogP contribution in [0.4, 0.5) is 0 Å². The maximum Gasteiger partial charge on any atom is 0.232 e. The van der Waals surface area contributed by atoms with Gasteiger partial charge in [-0.2, -0.15) is 0 Å². The fraction of sp³-hybridized carbons (Fsp3) is 0.889. The lowest BCUT2D eigenvalue weighted by Gasteiger charge is -2.27. The predicted octanol–water partition coefficient (Wildman–Crippen LogP) is -0.0744. The van der Waals surface area contributed by atoms with E-state index >= 15 is 0 Å². The molecule has 4 nitrogen and oxygen atoms in total. The molecule has 0 bridgehead atoms. The molecule has 5 heteroatoms. The third-order valence-corrected chi connectivity index (χ3v) is 3.36. The molecule has 1 rings (SSSR count). The van der Waals surface area contributed by atoms with Crippen molar-refractivity contribution < 1.29 is 9.53 Å². The van der Waals surface area contributed by atoms with Gasteiger partial charge in [-0.1, -0.05) is 6.92 Å². The Morgan fingerprint density at radius 2 is 2.21 bits per heavy atom. The third-order valence-electron chi connectivity index (χ3n) is 2.19. The van der Waals surface area contributed by atoms with E-state index in [2.05, 4.69) is 0 Å². The van der Waals surface area contributed by atoms with Gasteiger partial charge in [0.1, 0.15) is 0 Å². The minimum Gasteiger partial charge on any atom is -0.378 e. The number of carbonyl (C=O) groups is 1. The standard InChI is InChI=1S/C9H18N2O2S/c1-8(6-10)14-7-9(12)11-2-4-13-5-3-11/h8H,2-7,10H2,1H3. The number of nitrogens with zero attached hydrogens (tertiary/aromatic N) is 1. The minimum absolute atomic E-state index is 0.207. The van der Waals surface area contributed by atoms with Gasteiger partial charge in [-0.25, -0.2) is 0 Å². The summed E-state index contributed by atoms with van der Waals surface area (Å²) in [4.78, 5) is 13.5. The Morgan fingerprint density at radius 3 is 2.79 bits per heavy atom. The minimum atomic E-state index is 0.207. The van der Waals surface area contributed by atoms with Crippen molar-refractivity contribution in [2.45, 2.75) is 12.2 Å². The van der Waals surface area contributed by atoms with Crippen LogP contribution in [0.1, 0.15) is 6.92 Å². The van der Waals surface area contributed by atoms with Crippen LogP contribution in [0.25, 0.3) is 0 Å². The van der Waals surface area contributed by atoms with Crippen LogP contribution in [0.2, 0.25) is 0 Å². The molecule has 0 aliphatic carbocycles. The average molecular weight is 218 g/mol. The summed E-state index contributed by atoms with van der Waals surface area (Å²) in [6.07, 6.45) is 0. The summed E-state index contributed by atoms with van der Waals surface area (Å²) in [5, 5.41) is 0.361. The second-order valence-electron chi connectivity index (χ2n) is 3.35. The Balaban J connectivity index is 2.19. The number of hydrogen-bond donors (Lipinski definition) is 1. The highest BCUT2D eigenvalue weighted by Gasteiger charge is 2.17. The molecule has 2 N–H and O–H groups in total. The maximum atomic E-state index is 11.6. The maximum absolute atomic E-state index is 11.6. The molecule has 1 atom stereocenters. The molecular weight excluding hydrogens is 200 g/mol. The van der Waals surface area contributed by atoms with Crippen molar-refractivity contribution >= 4 is 17.7 Å². The number of hydrogen-bond acceptors (Lipinski definition) is 4. The number of carbonyl (C=O) groups excluding carboxylic acids is 1. The summed E-state index contributed by atoms with van der Waals surface area (Å²) < 4.78 is 5.18. The van der Waals surface area contributed by atoms with Crippen molar-refractivity contribution in [3.8, 4) is 0 Å². The summed E-state index contributed by atoms with van der Waals surface area (Å²) in [6.45, 7) is 5.47. The Labute approximate surface area is 89.2 Å². The summed E-state index contributed by atoms with van der Waals surface area (Å²) in [5.41, 5.74) is 5.47. The summed E-state index contributed by atoms with van der Waals surface area (Å²) >= 11 is 1.62. The Bertz CT molecular complexity index is 184. The van der Waals surface area contributed by atoms with Gasteiger partial charge in [0, 0.05) is 24.9 Å². The molecule has 82 valence electrons. The van der Waals surface area contributed by atoms with Gasteiger partial charge < -0.3 is 15.4 Å². The largest absolute Gasteiger partial charge is 0.378 e. The van der Waals surface area contributed by atoms with Crippen molar-refractivity contribution in [1.82, 2.24) is 4.90 Å². The quantitative estimate of drug-likeness (QED) is 0.717. The Kier molecular flexibility index (Phi) is 5.29. The van der Waals surface area contributed by atoms with Gasteiger partial charge in [-0.15, -0.1) is 11.8 Å². The molecular formula is C9H18N2O2S. The zero-order valence-electron chi connectivity index (χ0n) is 8.57. The molecule has 0 aromatic rings. The van der Waals surface area contributed by atoms with Gasteiger partial charge in [0.25, 0.3) is 0 Å². The topological polar surface area (TPSA) is 55.6 Å². The number of thioether (sulfide) groups is 1. The highest BCUT2D eigenvalue weighted by molar-refractivity contribution is 8.00. The molecule has 1 fully saturated rings. The summed E-state index contributed by atoms with van der Waals surface area (Å²) in [5.74, 6) is 0.747. The van der Waals surface area contributed by atoms with Crippen molar-refractivity contribution in [2.24, 2.45) is 5.73 Å². The fourth-order valence-electron chi connectivity index (χ4n) is 1.19. The van der Waals surface area contributed by atoms with Crippen LogP contribution in [0.5, 0.6) is 0 Å². The van der Waals surface area contributed by atoms with Gasteiger partial charge in [-0.05, 0) is 0 Å². The zero-order valence-corrected chi connectivity index (χ0v) is 9.39. The first-order valence-corrected chi connectivity index (χ1v) is 5.96. The molecule has 1 saturated heterocycles. The molecule has 0 aromatic heterocycles. The van der Waals surface area contributed by atoms with Crippen molar-refractivity contribution in [3.63, 3.8) is 0 Å². The number of amides is 1. The second kappa shape index (κ2) is 6.27. The van der Waals surface area contributed by atoms with Gasteiger partial charge in [0.05, 0.1) is 19.0 Å². The van der Waals surface area contributed by atoms with Crippen LogP contribution in [0, 0.1) is 0 Å². The van der Waals surface area contributed by atoms with Crippen LogP contribution in [0.3, 0.4) is 0 Å². The van der Waals surface area contributed by atoms with Crippen molar-refractivity contribution in [3.05, 3.63) is 0 Å². The first kappa shape index (κ1) is 11.8. The molecule has 0 radical (unpaired) electrons. The smallest absolute Gasteiger partial charge is 0.232 e. The third kappa shape index (κ3) is 3.86. The summed E-state index contributed by atoms with van der Waals surface area (Å²) in [6, 6.07) is 0. The van der Waals surface area contributed by atoms with Crippen molar-refractivity contribution in [2.75, 3.05) is 38.6 Å². The molecule has 0 spiro atoms. The number of nitrogens with two attached hydrogens (primary N) is 1. The number of rotatable bonds is 4. The van der Waals surface area contributed by atoms with E-state index in [1.807, 2.05) is 11.8 Å². The molecule has 1 aliphatic rings. The Morgan fingerprint density at radius 1 is 1.57 bits per heavy atom. The lowest BCUT2D eigenvalue weighted by molar-refractivity contribution is -0.132. The molecule has 1 unspecified atom stereocenters. The van der Waals surface area contributed by atoms with E-state index in [4.69, 9.17) is 10.5 Å². The predicted molar refractivity (Wildman–Crippen MR) is 58.4 cm³/mol. The van der Waals surface area contributed by atoms with Gasteiger partial charge in [-0.3, -0.25) is 4.79 Å². The van der Waals surface area contributed by atoms with E-state index in [1.165, 1.54) is 0 Å². The number of morpholine rings is 1. The average Bonchev–Trinajstić information content (AvgIpc) is 2.26. The van der Waals surface area contributed by atoms with E-state index in [0.29, 0.717) is 30.8 Å². The molecule has 1 amide bonds. The normalized spacial score (nSPS) is 19.4. The van der Waals surface area contributed by atoms with Crippen LogP contribution in [0.15, 0.2) is 0 Å². The van der Waals surface area contributed by atoms with Gasteiger partial charge in [0.2, 0.25) is 5.91 Å². The SMILES string of the molecule is CC(CN)SCC(=O)N1CCOCC1. The van der Waals surface area contributed by atoms with Crippen LogP contribution in [-0.4, -0.2) is 54.7 Å². The number of ether oxygens (including phenoxy) is 1. The van der Waals surface area contributed by atoms with E-state index in [-0.39, 0.29) is 5.91 Å². The molecule has 1 heterocycles. The van der Waals surface area contributed by atoms with Crippen LogP contribution in [-0.2, 0) is 9.53 Å². The first-order valence-electron chi connectivity index (χ1n) is 4.91. The molecule has 14 heavy (non-hydrogen) atoms. The monoisotopic (exact) mass is 218 g/mol. The van der Waals surface area contributed by atoms with Gasteiger partial charge in [0.15, 0.2) is 0 Å². The zero-order chi connectivity index (χ0) is 10.4. The molecule has 0 saturated carbocycles. The van der Waals surface area contributed by atoms with E-state index in [1.54, 1.807) is 11.8 Å². The van der Waals surface area contributed by atoms with E-state index < -0.39 is 0 Å². The fourth-order valence-corrected chi connectivity index (χ4v) is 1.93. The Hall–Kier alpha value is -0.260. The highest BCUT2D eigenvalue weighted by atomic mass is 32.2. The molecule has 0 aromatic carbocycles.